The Morgan fingerprint density at radius 3 is 2.75 bits per heavy atom. The standard InChI is InChI=1S/C24H25ClFN3O3/c1-13-14(2)27-22-11-20(15-6-8-32-21(9-15)16-5-7-31-12-16)28-23(29(22)24(13)30)18-4-3-17(25)10-19(18)26/h3-4,10-11,15-16,21H,5-9,12H2,1-2H3/t15-,16-,21+/m0/s1. The fraction of sp³-hybridized carbons (Fsp3) is 0.458. The Morgan fingerprint density at radius 1 is 1.16 bits per heavy atom. The number of rotatable bonds is 3. The molecule has 1 aromatic carbocycles. The van der Waals surface area contributed by atoms with Crippen molar-refractivity contribution >= 4 is 17.2 Å². The third kappa shape index (κ3) is 3.83. The molecule has 6 nitrogen and oxygen atoms in total. The second kappa shape index (κ2) is 8.54. The highest BCUT2D eigenvalue weighted by atomic mass is 35.5. The van der Waals surface area contributed by atoms with E-state index in [4.69, 9.17) is 26.1 Å². The highest BCUT2D eigenvalue weighted by molar-refractivity contribution is 6.30. The number of nitrogens with zero attached hydrogens (tertiary/aromatic N) is 3. The lowest BCUT2D eigenvalue weighted by Crippen LogP contribution is -2.32. The average molecular weight is 458 g/mol. The van der Waals surface area contributed by atoms with Gasteiger partial charge in [-0.1, -0.05) is 11.6 Å². The molecule has 0 saturated carbocycles. The molecule has 0 N–H and O–H groups in total. The molecule has 0 amide bonds. The van der Waals surface area contributed by atoms with E-state index in [1.165, 1.54) is 10.5 Å². The molecule has 0 bridgehead atoms. The molecule has 168 valence electrons. The van der Waals surface area contributed by atoms with Crippen molar-refractivity contribution in [2.75, 3.05) is 19.8 Å². The summed E-state index contributed by atoms with van der Waals surface area (Å²) >= 11 is 5.97. The maximum Gasteiger partial charge on any atom is 0.262 e. The van der Waals surface area contributed by atoms with E-state index in [1.54, 1.807) is 19.1 Å². The predicted molar refractivity (Wildman–Crippen MR) is 120 cm³/mol. The fourth-order valence-electron chi connectivity index (χ4n) is 4.70. The Hall–Kier alpha value is -2.35. The van der Waals surface area contributed by atoms with Gasteiger partial charge in [0.25, 0.3) is 5.56 Å². The maximum absolute atomic E-state index is 14.9. The normalized spacial score (nSPS) is 23.7. The van der Waals surface area contributed by atoms with Gasteiger partial charge >= 0.3 is 0 Å². The van der Waals surface area contributed by atoms with Gasteiger partial charge in [-0.25, -0.2) is 18.8 Å². The molecule has 5 rings (SSSR count). The molecular weight excluding hydrogens is 433 g/mol. The second-order valence-corrected chi connectivity index (χ2v) is 9.14. The molecule has 2 aliphatic heterocycles. The van der Waals surface area contributed by atoms with Crippen LogP contribution in [0, 0.1) is 25.6 Å². The van der Waals surface area contributed by atoms with E-state index in [1.807, 2.05) is 13.0 Å². The van der Waals surface area contributed by atoms with Crippen LogP contribution >= 0.6 is 11.6 Å². The molecular formula is C24H25ClFN3O3. The summed E-state index contributed by atoms with van der Waals surface area (Å²) in [6.07, 6.45) is 2.73. The minimum Gasteiger partial charge on any atom is -0.381 e. The first kappa shape index (κ1) is 21.5. The molecule has 8 heteroatoms. The van der Waals surface area contributed by atoms with Gasteiger partial charge in [0.1, 0.15) is 11.5 Å². The van der Waals surface area contributed by atoms with Crippen LogP contribution in [0.1, 0.15) is 42.1 Å². The molecule has 3 atom stereocenters. The minimum absolute atomic E-state index is 0.111. The molecule has 2 aromatic heterocycles. The zero-order chi connectivity index (χ0) is 22.4. The Morgan fingerprint density at radius 2 is 2.00 bits per heavy atom. The van der Waals surface area contributed by atoms with Gasteiger partial charge in [-0.2, -0.15) is 0 Å². The molecule has 2 aliphatic rings. The van der Waals surface area contributed by atoms with Gasteiger partial charge in [-0.15, -0.1) is 0 Å². The maximum atomic E-state index is 14.9. The van der Waals surface area contributed by atoms with Gasteiger partial charge in [0.15, 0.2) is 5.82 Å². The van der Waals surface area contributed by atoms with Crippen LogP contribution in [-0.4, -0.2) is 40.3 Å². The van der Waals surface area contributed by atoms with Gasteiger partial charge in [-0.05, 0) is 51.3 Å². The van der Waals surface area contributed by atoms with E-state index >= 15 is 0 Å². The summed E-state index contributed by atoms with van der Waals surface area (Å²) in [5.74, 6) is 0.241. The molecule has 0 spiro atoms. The van der Waals surface area contributed by atoms with Crippen LogP contribution in [0.4, 0.5) is 4.39 Å². The number of halogens is 2. The number of ether oxygens (including phenoxy) is 2. The smallest absolute Gasteiger partial charge is 0.262 e. The first-order chi connectivity index (χ1) is 15.4. The summed E-state index contributed by atoms with van der Waals surface area (Å²) in [5.41, 5.74) is 2.42. The van der Waals surface area contributed by atoms with Crippen LogP contribution in [0.5, 0.6) is 0 Å². The molecule has 32 heavy (non-hydrogen) atoms. The van der Waals surface area contributed by atoms with Crippen LogP contribution in [0.25, 0.3) is 17.0 Å². The predicted octanol–water partition coefficient (Wildman–Crippen LogP) is 4.46. The van der Waals surface area contributed by atoms with Crippen molar-refractivity contribution < 1.29 is 13.9 Å². The molecule has 3 aromatic rings. The zero-order valence-corrected chi connectivity index (χ0v) is 18.9. The van der Waals surface area contributed by atoms with Gasteiger partial charge in [0.05, 0.1) is 18.3 Å². The molecule has 2 saturated heterocycles. The lowest BCUT2D eigenvalue weighted by atomic mass is 9.86. The van der Waals surface area contributed by atoms with Crippen molar-refractivity contribution in [3.05, 3.63) is 62.4 Å². The van der Waals surface area contributed by atoms with E-state index in [9.17, 15) is 9.18 Å². The van der Waals surface area contributed by atoms with Gasteiger partial charge in [0.2, 0.25) is 0 Å². The topological polar surface area (TPSA) is 65.7 Å². The Bertz CT molecular complexity index is 1240. The van der Waals surface area contributed by atoms with Crippen LogP contribution < -0.4 is 5.56 Å². The first-order valence-electron chi connectivity index (χ1n) is 11.0. The van der Waals surface area contributed by atoms with E-state index in [0.29, 0.717) is 29.4 Å². The highest BCUT2D eigenvalue weighted by Crippen LogP contribution is 2.36. The van der Waals surface area contributed by atoms with Crippen LogP contribution in [-0.2, 0) is 9.47 Å². The molecule has 0 radical (unpaired) electrons. The molecule has 2 fully saturated rings. The summed E-state index contributed by atoms with van der Waals surface area (Å²) in [6, 6.07) is 6.27. The lowest BCUT2D eigenvalue weighted by Gasteiger charge is -2.32. The van der Waals surface area contributed by atoms with E-state index in [2.05, 4.69) is 4.98 Å². The summed E-state index contributed by atoms with van der Waals surface area (Å²) in [6.45, 7) is 5.66. The highest BCUT2D eigenvalue weighted by Gasteiger charge is 2.33. The lowest BCUT2D eigenvalue weighted by molar-refractivity contribution is -0.0310. The van der Waals surface area contributed by atoms with Crippen molar-refractivity contribution in [3.63, 3.8) is 0 Å². The number of benzene rings is 1. The largest absolute Gasteiger partial charge is 0.381 e. The molecule has 0 unspecified atom stereocenters. The Labute approximate surface area is 190 Å². The van der Waals surface area contributed by atoms with Crippen LogP contribution in [0.2, 0.25) is 5.02 Å². The number of fused-ring (bicyclic) bond motifs is 1. The number of aryl methyl sites for hydroxylation is 1. The second-order valence-electron chi connectivity index (χ2n) is 8.70. The quantitative estimate of drug-likeness (QED) is 0.580. The zero-order valence-electron chi connectivity index (χ0n) is 18.1. The Kier molecular flexibility index (Phi) is 5.73. The van der Waals surface area contributed by atoms with Gasteiger partial charge in [0, 0.05) is 53.1 Å². The van der Waals surface area contributed by atoms with Gasteiger partial charge < -0.3 is 9.47 Å². The van der Waals surface area contributed by atoms with Gasteiger partial charge in [-0.3, -0.25) is 4.79 Å². The summed E-state index contributed by atoms with van der Waals surface area (Å²) in [5, 5.41) is 0.287. The van der Waals surface area contributed by atoms with Crippen molar-refractivity contribution in [2.45, 2.75) is 45.1 Å². The van der Waals surface area contributed by atoms with E-state index in [0.717, 1.165) is 38.2 Å². The third-order valence-electron chi connectivity index (χ3n) is 6.70. The fourth-order valence-corrected chi connectivity index (χ4v) is 4.86. The van der Waals surface area contributed by atoms with E-state index in [-0.39, 0.29) is 34.0 Å². The van der Waals surface area contributed by atoms with Crippen LogP contribution in [0.15, 0.2) is 29.1 Å². The monoisotopic (exact) mass is 457 g/mol. The summed E-state index contributed by atoms with van der Waals surface area (Å²) < 4.78 is 27.9. The SMILES string of the molecule is Cc1nc2cc([C@H]3CCO[C@@H]([C@H]4CCOC4)C3)nc(-c3ccc(Cl)cc3F)n2c(=O)c1C. The average Bonchev–Trinajstić information content (AvgIpc) is 3.32. The number of hydrogen-bond donors (Lipinski definition) is 0. The molecule has 0 aliphatic carbocycles. The molecule has 4 heterocycles. The van der Waals surface area contributed by atoms with E-state index < -0.39 is 5.82 Å². The van der Waals surface area contributed by atoms with Crippen molar-refractivity contribution in [1.82, 2.24) is 14.4 Å². The minimum atomic E-state index is -0.526. The summed E-state index contributed by atoms with van der Waals surface area (Å²) in [4.78, 5) is 22.6. The first-order valence-corrected chi connectivity index (χ1v) is 11.4. The Balaban J connectivity index is 1.66. The van der Waals surface area contributed by atoms with Crippen molar-refractivity contribution in [3.8, 4) is 11.4 Å². The van der Waals surface area contributed by atoms with Crippen molar-refractivity contribution in [2.24, 2.45) is 5.92 Å². The third-order valence-corrected chi connectivity index (χ3v) is 6.93. The number of aromatic nitrogens is 3. The number of hydrogen-bond acceptors (Lipinski definition) is 5. The van der Waals surface area contributed by atoms with Crippen molar-refractivity contribution in [1.29, 1.82) is 0 Å². The summed E-state index contributed by atoms with van der Waals surface area (Å²) in [7, 11) is 0. The van der Waals surface area contributed by atoms with Crippen LogP contribution in [0.3, 0.4) is 0 Å².